The number of aliphatic hydroxyl groups is 2. The van der Waals surface area contributed by atoms with E-state index in [0.29, 0.717) is 0 Å². The molecule has 2 fully saturated rings. The summed E-state index contributed by atoms with van der Waals surface area (Å²) in [4.78, 5) is 73.0. The number of nitrogens with zero attached hydrogens (tertiary/aromatic N) is 6. The van der Waals surface area contributed by atoms with E-state index in [2.05, 4.69) is 34.4 Å². The lowest BCUT2D eigenvalue weighted by molar-refractivity contribution is -0.0582. The molecule has 11 N–H and O–H groups in total. The molecule has 0 aliphatic carbocycles. The molecule has 4 aromatic heterocycles. The number of fused-ring (bicyclic) bond motifs is 2. The molecular formula is C20H25FN10O14P2. The predicted molar refractivity (Wildman–Crippen MR) is 148 cm³/mol. The maximum Gasteiger partial charge on any atom is 0.472 e. The molecule has 4 aromatic rings. The molecule has 6 rings (SSSR count). The normalized spacial score (nSPS) is 29.6. The first-order chi connectivity index (χ1) is 22.0. The number of nitrogen functional groups attached to an aromatic ring is 2. The van der Waals surface area contributed by atoms with Crippen LogP contribution >= 0.6 is 15.6 Å². The number of hydrogen-bond donors (Lipinski definition) is 9. The van der Waals surface area contributed by atoms with Crippen LogP contribution in [0.2, 0.25) is 0 Å². The molecule has 6 heterocycles. The Kier molecular flexibility index (Phi) is 8.53. The maximum absolute atomic E-state index is 15.9. The Bertz CT molecular complexity index is 2030. The van der Waals surface area contributed by atoms with Gasteiger partial charge in [-0.05, 0) is 0 Å². The minimum absolute atomic E-state index is 0.110. The van der Waals surface area contributed by atoms with E-state index in [1.807, 2.05) is 0 Å². The van der Waals surface area contributed by atoms with Crippen molar-refractivity contribution in [3.63, 3.8) is 0 Å². The van der Waals surface area contributed by atoms with E-state index in [-0.39, 0.29) is 34.2 Å². The third kappa shape index (κ3) is 6.43. The second-order valence-corrected chi connectivity index (χ2v) is 12.9. The molecule has 0 radical (unpaired) electrons. The number of ether oxygens (including phenoxy) is 2. The molecule has 24 nitrogen and oxygen atoms in total. The molecule has 47 heavy (non-hydrogen) atoms. The Morgan fingerprint density at radius 2 is 1.36 bits per heavy atom. The first-order valence-corrected chi connectivity index (χ1v) is 16.2. The van der Waals surface area contributed by atoms with Gasteiger partial charge in [0, 0.05) is 0 Å². The molecule has 0 bridgehead atoms. The van der Waals surface area contributed by atoms with Gasteiger partial charge in [0.15, 0.2) is 41.0 Å². The number of nitrogens with two attached hydrogens (primary N) is 2. The van der Waals surface area contributed by atoms with E-state index in [0.717, 1.165) is 21.8 Å². The van der Waals surface area contributed by atoms with Gasteiger partial charge in [0.1, 0.15) is 30.5 Å². The number of imidazole rings is 2. The van der Waals surface area contributed by atoms with Crippen molar-refractivity contribution in [1.29, 1.82) is 0 Å². The largest absolute Gasteiger partial charge is 0.472 e. The fourth-order valence-corrected chi connectivity index (χ4v) is 6.35. The van der Waals surface area contributed by atoms with Gasteiger partial charge in [-0.15, -0.1) is 0 Å². The van der Waals surface area contributed by atoms with E-state index in [9.17, 15) is 33.8 Å². The van der Waals surface area contributed by atoms with Crippen molar-refractivity contribution < 1.29 is 61.5 Å². The number of alkyl halides is 1. The smallest absolute Gasteiger partial charge is 0.387 e. The van der Waals surface area contributed by atoms with Gasteiger partial charge in [-0.25, -0.2) is 23.5 Å². The summed E-state index contributed by atoms with van der Waals surface area (Å²) >= 11 is 0. The van der Waals surface area contributed by atoms with Crippen LogP contribution in [0, 0.1) is 0 Å². The molecule has 2 aliphatic heterocycles. The van der Waals surface area contributed by atoms with Crippen molar-refractivity contribution in [2.24, 2.45) is 0 Å². The summed E-state index contributed by atoms with van der Waals surface area (Å²) in [5.41, 5.74) is 8.86. The van der Waals surface area contributed by atoms with E-state index in [1.165, 1.54) is 0 Å². The molecular weight excluding hydrogens is 685 g/mol. The first-order valence-electron chi connectivity index (χ1n) is 13.1. The van der Waals surface area contributed by atoms with Crippen LogP contribution in [0.25, 0.3) is 22.3 Å². The summed E-state index contributed by atoms with van der Waals surface area (Å²) in [5.74, 6) is -0.640. The van der Waals surface area contributed by atoms with Gasteiger partial charge < -0.3 is 45.8 Å². The number of anilines is 2. The van der Waals surface area contributed by atoms with Crippen molar-refractivity contribution in [2.45, 2.75) is 49.1 Å². The zero-order valence-electron chi connectivity index (χ0n) is 23.2. The number of hydrogen-bond acceptors (Lipinski definition) is 17. The van der Waals surface area contributed by atoms with Crippen LogP contribution in [0.5, 0.6) is 0 Å². The van der Waals surface area contributed by atoms with Gasteiger partial charge in [0.25, 0.3) is 11.1 Å². The highest BCUT2D eigenvalue weighted by molar-refractivity contribution is 7.47. The molecule has 27 heteroatoms. The van der Waals surface area contributed by atoms with E-state index in [4.69, 9.17) is 39.8 Å². The zero-order chi connectivity index (χ0) is 34.0. The van der Waals surface area contributed by atoms with Crippen molar-refractivity contribution in [3.8, 4) is 0 Å². The van der Waals surface area contributed by atoms with Gasteiger partial charge in [-0.1, -0.05) is 0 Å². The fraction of sp³-hybridized carbons (Fsp3) is 0.500. The summed E-state index contributed by atoms with van der Waals surface area (Å²) in [6.45, 7) is -1.98. The molecule has 0 aromatic carbocycles. The minimum Gasteiger partial charge on any atom is -0.387 e. The van der Waals surface area contributed by atoms with Crippen LogP contribution in [-0.4, -0.2) is 114 Å². The van der Waals surface area contributed by atoms with Crippen molar-refractivity contribution in [1.82, 2.24) is 39.0 Å². The van der Waals surface area contributed by atoms with Gasteiger partial charge in [-0.2, -0.15) is 9.97 Å². The molecule has 2 aliphatic rings. The van der Waals surface area contributed by atoms with Crippen LogP contribution in [0.1, 0.15) is 12.5 Å². The Morgan fingerprint density at radius 1 is 0.851 bits per heavy atom. The summed E-state index contributed by atoms with van der Waals surface area (Å²) < 4.78 is 67.6. The van der Waals surface area contributed by atoms with E-state index >= 15 is 4.39 Å². The Labute approximate surface area is 257 Å². The predicted octanol–water partition coefficient (Wildman–Crippen LogP) is -3.12. The minimum atomic E-state index is -5.33. The van der Waals surface area contributed by atoms with Gasteiger partial charge in [-0.3, -0.25) is 42.3 Å². The second-order valence-electron chi connectivity index (χ2n) is 10.2. The van der Waals surface area contributed by atoms with Gasteiger partial charge in [0.05, 0.1) is 25.9 Å². The number of rotatable bonds is 10. The molecule has 2 saturated heterocycles. The molecule has 0 saturated carbocycles. The fourth-order valence-electron chi connectivity index (χ4n) is 5.06. The van der Waals surface area contributed by atoms with Crippen molar-refractivity contribution in [2.75, 3.05) is 24.7 Å². The summed E-state index contributed by atoms with van der Waals surface area (Å²) in [6, 6.07) is 0. The highest BCUT2D eigenvalue weighted by Crippen LogP contribution is 2.50. The topological polar surface area (TPSA) is 361 Å². The Balaban J connectivity index is 1.19. The van der Waals surface area contributed by atoms with E-state index < -0.39 is 89.1 Å². The lowest BCUT2D eigenvalue weighted by Crippen LogP contribution is -2.35. The summed E-state index contributed by atoms with van der Waals surface area (Å²) in [5, 5.41) is 21.2. The lowest BCUT2D eigenvalue weighted by atomic mass is 10.1. The number of aromatic amines is 2. The Hall–Kier alpha value is -3.71. The van der Waals surface area contributed by atoms with Gasteiger partial charge in [0.2, 0.25) is 11.9 Å². The number of aromatic nitrogens is 8. The number of H-pyrrole nitrogens is 2. The average molecular weight is 710 g/mol. The maximum atomic E-state index is 15.9. The number of halogens is 1. The number of phosphoric ester groups is 2. The van der Waals surface area contributed by atoms with Crippen LogP contribution in [0.4, 0.5) is 16.3 Å². The molecule has 9 atom stereocenters. The van der Waals surface area contributed by atoms with E-state index in [1.54, 1.807) is 0 Å². The second kappa shape index (κ2) is 12.1. The standard InChI is InChI=1S/C20H25FN10O14P2/c21-7-12(6(2-41-46(36,37)38)44-17(7)30-3-24-8-13(30)26-19(22)28-15(8)34)45-47(39,40)42-1-5-10(32)11(33)18(43-5)31-4-25-9-14(31)27-20(23)29-16(9)35/h3-7,10-12,17-18,32-33H,1-2H2,(H,39,40)(H2,36,37,38)(H3,22,26,28,34)(H3,23,27,29,35)/t5-,6-,7-,10-,11-,12-,17-,18-/m1/s1. The quantitative estimate of drug-likeness (QED) is 0.0735. The van der Waals surface area contributed by atoms with Crippen LogP contribution < -0.4 is 22.6 Å². The van der Waals surface area contributed by atoms with Crippen LogP contribution in [-0.2, 0) is 32.2 Å². The number of nitrogens with one attached hydrogen (secondary N) is 2. The van der Waals surface area contributed by atoms with Crippen LogP contribution in [0.15, 0.2) is 22.2 Å². The lowest BCUT2D eigenvalue weighted by Gasteiger charge is -2.23. The monoisotopic (exact) mass is 710 g/mol. The first kappa shape index (κ1) is 33.2. The molecule has 1 unspecified atom stereocenters. The van der Waals surface area contributed by atoms with Crippen LogP contribution in [0.3, 0.4) is 0 Å². The number of phosphoric acid groups is 2. The zero-order valence-corrected chi connectivity index (χ0v) is 25.0. The molecule has 0 amide bonds. The molecule has 256 valence electrons. The summed E-state index contributed by atoms with van der Waals surface area (Å²) in [7, 11) is -10.5. The Morgan fingerprint density at radius 3 is 1.91 bits per heavy atom. The summed E-state index contributed by atoms with van der Waals surface area (Å²) in [6.07, 6.45) is -12.4. The van der Waals surface area contributed by atoms with Crippen molar-refractivity contribution in [3.05, 3.63) is 33.4 Å². The average Bonchev–Trinajstić information content (AvgIpc) is 3.72. The SMILES string of the molecule is Nc1nc2c(ncn2[C@@H]2O[C@H](COP(=O)(O)O[C@H]3[C@@H](F)[C@H](n4cnc5c(=O)[nH]c(N)nc54)O[C@@H]3COP(=O)(O)O)[C@@H](O)[C@H]2O)c(=O)[nH]1. The molecule has 0 spiro atoms. The van der Waals surface area contributed by atoms with Gasteiger partial charge >= 0.3 is 15.6 Å². The highest BCUT2D eigenvalue weighted by atomic mass is 31.2. The van der Waals surface area contributed by atoms with Crippen molar-refractivity contribution >= 4 is 49.9 Å². The highest BCUT2D eigenvalue weighted by Gasteiger charge is 2.52. The third-order valence-corrected chi connectivity index (χ3v) is 8.59. The third-order valence-electron chi connectivity index (χ3n) is 7.12. The number of aliphatic hydroxyl groups excluding tert-OH is 2.